The first-order valence-corrected chi connectivity index (χ1v) is 13.9. The highest BCUT2D eigenvalue weighted by molar-refractivity contribution is 7.89. The third kappa shape index (κ3) is 5.21. The lowest BCUT2D eigenvalue weighted by Crippen LogP contribution is -2.42. The van der Waals surface area contributed by atoms with Crippen molar-refractivity contribution in [1.29, 1.82) is 0 Å². The molecular weight excluding hydrogens is 498 g/mol. The smallest absolute Gasteiger partial charge is 0.337 e. The van der Waals surface area contributed by atoms with Gasteiger partial charge in [-0.2, -0.15) is 9.30 Å². The SMILES string of the molecule is C=CCn1c(=NC(=O)c2ccc(S(=O)(=O)N3CC(C)CC(C)C3)cc2)sc2cc(C(=O)OC)ccc21. The van der Waals surface area contributed by atoms with Gasteiger partial charge in [0, 0.05) is 25.2 Å². The summed E-state index contributed by atoms with van der Waals surface area (Å²) in [6.07, 6.45) is 2.71. The molecule has 3 aromatic rings. The van der Waals surface area contributed by atoms with Gasteiger partial charge in [0.05, 0.1) is 27.8 Å². The molecule has 2 atom stereocenters. The number of thiazole rings is 1. The standard InChI is InChI=1S/C26H29N3O5S2/c1-5-12-29-22-11-8-20(25(31)34-4)14-23(22)35-26(29)27-24(30)19-6-9-21(10-7-19)36(32,33)28-15-17(2)13-18(3)16-28/h5-11,14,17-18H,1,12-13,15-16H2,2-4H3. The van der Waals surface area contributed by atoms with Crippen LogP contribution < -0.4 is 4.80 Å². The van der Waals surface area contributed by atoms with Crippen LogP contribution in [0.15, 0.2) is 65.0 Å². The molecule has 1 aliphatic heterocycles. The Morgan fingerprint density at radius 3 is 2.36 bits per heavy atom. The zero-order valence-corrected chi connectivity index (χ0v) is 22.1. The van der Waals surface area contributed by atoms with Gasteiger partial charge in [0.15, 0.2) is 4.80 Å². The number of ether oxygens (including phenoxy) is 1. The van der Waals surface area contributed by atoms with Gasteiger partial charge in [-0.3, -0.25) is 4.79 Å². The first-order chi connectivity index (χ1) is 17.1. The number of allylic oxidation sites excluding steroid dienone is 1. The highest BCUT2D eigenvalue weighted by Crippen LogP contribution is 2.27. The minimum absolute atomic E-state index is 0.166. The highest BCUT2D eigenvalue weighted by atomic mass is 32.2. The minimum Gasteiger partial charge on any atom is -0.465 e. The van der Waals surface area contributed by atoms with Crippen LogP contribution in [0.1, 0.15) is 41.0 Å². The van der Waals surface area contributed by atoms with Crippen LogP contribution in [0.25, 0.3) is 10.2 Å². The third-order valence-electron chi connectivity index (χ3n) is 6.19. The molecule has 2 unspecified atom stereocenters. The molecule has 2 aromatic carbocycles. The predicted octanol–water partition coefficient (Wildman–Crippen LogP) is 4.08. The molecule has 4 rings (SSSR count). The van der Waals surface area contributed by atoms with Gasteiger partial charge in [0.25, 0.3) is 5.91 Å². The van der Waals surface area contributed by atoms with Crippen molar-refractivity contribution in [2.45, 2.75) is 31.7 Å². The minimum atomic E-state index is -3.63. The maximum Gasteiger partial charge on any atom is 0.337 e. The second-order valence-electron chi connectivity index (χ2n) is 9.17. The van der Waals surface area contributed by atoms with E-state index in [1.165, 1.54) is 47.0 Å². The molecule has 1 aliphatic rings. The van der Waals surface area contributed by atoms with E-state index in [4.69, 9.17) is 4.74 Å². The molecule has 190 valence electrons. The number of methoxy groups -OCH3 is 1. The number of rotatable bonds is 6. The van der Waals surface area contributed by atoms with E-state index in [9.17, 15) is 18.0 Å². The van der Waals surface area contributed by atoms with Crippen molar-refractivity contribution in [3.05, 3.63) is 71.0 Å². The van der Waals surface area contributed by atoms with Crippen LogP contribution in [0.4, 0.5) is 0 Å². The largest absolute Gasteiger partial charge is 0.465 e. The van der Waals surface area contributed by atoms with E-state index in [1.54, 1.807) is 24.3 Å². The van der Waals surface area contributed by atoms with Gasteiger partial charge < -0.3 is 9.30 Å². The van der Waals surface area contributed by atoms with E-state index in [-0.39, 0.29) is 10.5 Å². The quantitative estimate of drug-likeness (QED) is 0.355. The van der Waals surface area contributed by atoms with Crippen LogP contribution in [0.2, 0.25) is 0 Å². The average Bonchev–Trinajstić information content (AvgIpc) is 3.19. The number of nitrogens with zero attached hydrogens (tertiary/aromatic N) is 3. The Kier molecular flexibility index (Phi) is 7.58. The average molecular weight is 528 g/mol. The molecule has 0 spiro atoms. The third-order valence-corrected chi connectivity index (χ3v) is 9.07. The molecule has 0 saturated carbocycles. The van der Waals surface area contributed by atoms with Gasteiger partial charge in [0.1, 0.15) is 0 Å². The summed E-state index contributed by atoms with van der Waals surface area (Å²) >= 11 is 1.27. The number of fused-ring (bicyclic) bond motifs is 1. The molecule has 0 bridgehead atoms. The topological polar surface area (TPSA) is 98.0 Å². The zero-order chi connectivity index (χ0) is 26.0. The van der Waals surface area contributed by atoms with Crippen LogP contribution in [0, 0.1) is 11.8 Å². The molecule has 10 heteroatoms. The number of hydrogen-bond donors (Lipinski definition) is 0. The Bertz CT molecular complexity index is 1480. The Morgan fingerprint density at radius 2 is 1.75 bits per heavy atom. The maximum atomic E-state index is 13.1. The van der Waals surface area contributed by atoms with Crippen molar-refractivity contribution >= 4 is 43.5 Å². The van der Waals surface area contributed by atoms with Gasteiger partial charge in [-0.25, -0.2) is 13.2 Å². The predicted molar refractivity (Wildman–Crippen MR) is 139 cm³/mol. The lowest BCUT2D eigenvalue weighted by Gasteiger charge is -2.34. The summed E-state index contributed by atoms with van der Waals surface area (Å²) in [6.45, 7) is 9.32. The van der Waals surface area contributed by atoms with Crippen molar-refractivity contribution in [2.75, 3.05) is 20.2 Å². The molecular formula is C26H29N3O5S2. The number of carbonyl (C=O) groups excluding carboxylic acids is 2. The number of piperidine rings is 1. The Morgan fingerprint density at radius 1 is 1.11 bits per heavy atom. The van der Waals surface area contributed by atoms with Crippen LogP contribution in [-0.4, -0.2) is 49.4 Å². The lowest BCUT2D eigenvalue weighted by atomic mass is 9.94. The number of aromatic nitrogens is 1. The Hall–Kier alpha value is -3.08. The van der Waals surface area contributed by atoms with E-state index in [0.717, 1.165) is 16.6 Å². The van der Waals surface area contributed by atoms with Crippen molar-refractivity contribution in [3.8, 4) is 0 Å². The van der Waals surface area contributed by atoms with Crippen LogP contribution in [0.5, 0.6) is 0 Å². The van der Waals surface area contributed by atoms with Gasteiger partial charge in [-0.15, -0.1) is 6.58 Å². The summed E-state index contributed by atoms with van der Waals surface area (Å²) in [7, 11) is -2.31. The summed E-state index contributed by atoms with van der Waals surface area (Å²) in [4.78, 5) is 29.8. The van der Waals surface area contributed by atoms with Crippen molar-refractivity contribution < 1.29 is 22.7 Å². The zero-order valence-electron chi connectivity index (χ0n) is 20.5. The molecule has 8 nitrogen and oxygen atoms in total. The summed E-state index contributed by atoms with van der Waals surface area (Å²) in [5, 5.41) is 0. The molecule has 1 saturated heterocycles. The van der Waals surface area contributed by atoms with Crippen molar-refractivity contribution in [1.82, 2.24) is 8.87 Å². The van der Waals surface area contributed by atoms with E-state index in [2.05, 4.69) is 25.4 Å². The number of hydrogen-bond acceptors (Lipinski definition) is 6. The molecule has 36 heavy (non-hydrogen) atoms. The summed E-state index contributed by atoms with van der Waals surface area (Å²) in [5.41, 5.74) is 1.50. The number of sulfonamides is 1. The van der Waals surface area contributed by atoms with Crippen LogP contribution >= 0.6 is 11.3 Å². The summed E-state index contributed by atoms with van der Waals surface area (Å²) in [5.74, 6) is -0.332. The van der Waals surface area contributed by atoms with Crippen LogP contribution in [-0.2, 0) is 21.3 Å². The van der Waals surface area contributed by atoms with Crippen LogP contribution in [0.3, 0.4) is 0 Å². The lowest BCUT2D eigenvalue weighted by molar-refractivity contribution is 0.0600. The van der Waals surface area contributed by atoms with Gasteiger partial charge in [-0.1, -0.05) is 31.3 Å². The van der Waals surface area contributed by atoms with Gasteiger partial charge >= 0.3 is 5.97 Å². The Labute approximate surface area is 214 Å². The monoisotopic (exact) mass is 527 g/mol. The fraction of sp³-hybridized carbons (Fsp3) is 0.346. The molecule has 0 radical (unpaired) electrons. The molecule has 0 N–H and O–H groups in total. The van der Waals surface area contributed by atoms with E-state index in [1.807, 2.05) is 4.57 Å². The molecule has 2 heterocycles. The molecule has 1 amide bonds. The molecule has 1 fully saturated rings. The second kappa shape index (κ2) is 10.5. The number of amides is 1. The van der Waals surface area contributed by atoms with E-state index >= 15 is 0 Å². The van der Waals surface area contributed by atoms with E-state index < -0.39 is 21.9 Å². The Balaban J connectivity index is 1.65. The second-order valence-corrected chi connectivity index (χ2v) is 12.1. The first-order valence-electron chi connectivity index (χ1n) is 11.7. The fourth-order valence-electron chi connectivity index (χ4n) is 4.58. The number of esters is 1. The fourth-order valence-corrected chi connectivity index (χ4v) is 7.34. The molecule has 1 aromatic heterocycles. The van der Waals surface area contributed by atoms with Crippen molar-refractivity contribution in [3.63, 3.8) is 0 Å². The summed E-state index contributed by atoms with van der Waals surface area (Å²) < 4.78 is 35.2. The van der Waals surface area contributed by atoms with Gasteiger partial charge in [0.2, 0.25) is 10.0 Å². The number of carbonyl (C=O) groups is 2. The first kappa shape index (κ1) is 26.0. The highest BCUT2D eigenvalue weighted by Gasteiger charge is 2.31. The van der Waals surface area contributed by atoms with Gasteiger partial charge in [-0.05, 0) is 60.7 Å². The summed E-state index contributed by atoms with van der Waals surface area (Å²) in [6, 6.07) is 11.1. The number of benzene rings is 2. The molecule has 0 aliphatic carbocycles. The van der Waals surface area contributed by atoms with E-state index in [0.29, 0.717) is 41.8 Å². The normalized spacial score (nSPS) is 19.4. The van der Waals surface area contributed by atoms with Crippen molar-refractivity contribution in [2.24, 2.45) is 16.8 Å². The maximum absolute atomic E-state index is 13.1.